The minimum atomic E-state index is -3.65. The number of rotatable bonds is 5. The highest BCUT2D eigenvalue weighted by Gasteiger charge is 2.47. The summed E-state index contributed by atoms with van der Waals surface area (Å²) in [6, 6.07) is 6.80. The van der Waals surface area contributed by atoms with E-state index in [9.17, 15) is 13.2 Å². The van der Waals surface area contributed by atoms with Crippen molar-refractivity contribution in [1.82, 2.24) is 14.1 Å². The number of hydrogen-bond acceptors (Lipinski definition) is 4. The molecule has 6 nitrogen and oxygen atoms in total. The molecule has 3 rings (SSSR count). The van der Waals surface area contributed by atoms with Gasteiger partial charge < -0.3 is 4.90 Å². The number of carbonyl (C=O) groups excluding carboxylic acids is 1. The molecule has 0 saturated carbocycles. The zero-order valence-electron chi connectivity index (χ0n) is 16.8. The van der Waals surface area contributed by atoms with Crippen molar-refractivity contribution in [3.05, 3.63) is 29.8 Å². The molecule has 2 heterocycles. The van der Waals surface area contributed by atoms with Crippen LogP contribution in [0.2, 0.25) is 0 Å². The molecule has 1 aromatic carbocycles. The van der Waals surface area contributed by atoms with E-state index in [1.807, 2.05) is 39.8 Å². The van der Waals surface area contributed by atoms with Gasteiger partial charge in [0.25, 0.3) is 0 Å². The number of aryl methyl sites for hydroxylation is 1. The first-order valence-electron chi connectivity index (χ1n) is 9.84. The summed E-state index contributed by atoms with van der Waals surface area (Å²) in [7, 11) is -3.65. The van der Waals surface area contributed by atoms with Crippen molar-refractivity contribution >= 4 is 15.9 Å². The zero-order chi connectivity index (χ0) is 19.8. The van der Waals surface area contributed by atoms with Crippen LogP contribution in [0.5, 0.6) is 0 Å². The van der Waals surface area contributed by atoms with Gasteiger partial charge in [-0.15, -0.1) is 0 Å². The molecular weight excluding hydrogens is 362 g/mol. The Morgan fingerprint density at radius 1 is 1.15 bits per heavy atom. The van der Waals surface area contributed by atoms with E-state index in [0.717, 1.165) is 31.5 Å². The fourth-order valence-corrected chi connectivity index (χ4v) is 5.99. The van der Waals surface area contributed by atoms with E-state index in [0.29, 0.717) is 18.0 Å². The van der Waals surface area contributed by atoms with Crippen LogP contribution in [0, 0.1) is 12.8 Å². The van der Waals surface area contributed by atoms with E-state index >= 15 is 0 Å². The molecule has 27 heavy (non-hydrogen) atoms. The number of likely N-dealkylation sites (tertiary alicyclic amines) is 1. The predicted octanol–water partition coefficient (Wildman–Crippen LogP) is 2.29. The van der Waals surface area contributed by atoms with Gasteiger partial charge in [0.2, 0.25) is 15.9 Å². The lowest BCUT2D eigenvalue weighted by Gasteiger charge is -2.34. The Labute approximate surface area is 163 Å². The summed E-state index contributed by atoms with van der Waals surface area (Å²) in [5.74, 6) is 0.0439. The second-order valence-electron chi connectivity index (χ2n) is 8.18. The molecule has 0 N–H and O–H groups in total. The van der Waals surface area contributed by atoms with Crippen LogP contribution in [-0.4, -0.2) is 66.8 Å². The largest absolute Gasteiger partial charge is 0.321 e. The second-order valence-corrected chi connectivity index (χ2v) is 10.1. The third-order valence-corrected chi connectivity index (χ3v) is 7.42. The molecular formula is C20H31N3O3S. The molecule has 1 aromatic rings. The Balaban J connectivity index is 1.87. The van der Waals surface area contributed by atoms with Gasteiger partial charge in [0.05, 0.1) is 11.4 Å². The first-order chi connectivity index (χ1) is 12.7. The second kappa shape index (κ2) is 7.89. The molecule has 1 amide bonds. The average Bonchev–Trinajstić information content (AvgIpc) is 3.22. The molecule has 2 aliphatic heterocycles. The zero-order valence-corrected chi connectivity index (χ0v) is 17.6. The van der Waals surface area contributed by atoms with Gasteiger partial charge in [0.1, 0.15) is 6.17 Å². The Kier molecular flexibility index (Phi) is 5.93. The Morgan fingerprint density at radius 2 is 1.74 bits per heavy atom. The van der Waals surface area contributed by atoms with Crippen LogP contribution in [-0.2, 0) is 14.8 Å². The molecule has 2 saturated heterocycles. The lowest BCUT2D eigenvalue weighted by atomic mass is 10.1. The fraction of sp³-hybridized carbons (Fsp3) is 0.650. The van der Waals surface area contributed by atoms with Crippen molar-refractivity contribution < 1.29 is 13.2 Å². The van der Waals surface area contributed by atoms with Crippen LogP contribution < -0.4 is 0 Å². The van der Waals surface area contributed by atoms with Gasteiger partial charge in [-0.1, -0.05) is 31.5 Å². The molecule has 0 spiro atoms. The molecule has 0 aliphatic carbocycles. The van der Waals surface area contributed by atoms with Gasteiger partial charge in [0.15, 0.2) is 0 Å². The maximum atomic E-state index is 13.3. The number of hydrogen-bond donors (Lipinski definition) is 0. The van der Waals surface area contributed by atoms with Crippen LogP contribution in [0.25, 0.3) is 0 Å². The van der Waals surface area contributed by atoms with Gasteiger partial charge in [-0.25, -0.2) is 8.42 Å². The third kappa shape index (κ3) is 4.05. The minimum Gasteiger partial charge on any atom is -0.321 e. The normalized spacial score (nSPS) is 24.9. The van der Waals surface area contributed by atoms with Crippen molar-refractivity contribution in [3.63, 3.8) is 0 Å². The monoisotopic (exact) mass is 393 g/mol. The number of amides is 1. The lowest BCUT2D eigenvalue weighted by molar-refractivity contribution is -0.136. The van der Waals surface area contributed by atoms with Crippen molar-refractivity contribution in [3.8, 4) is 0 Å². The predicted molar refractivity (Wildman–Crippen MR) is 106 cm³/mol. The fourth-order valence-electron chi connectivity index (χ4n) is 4.20. The van der Waals surface area contributed by atoms with Gasteiger partial charge >= 0.3 is 0 Å². The Bertz CT molecular complexity index is 770. The first-order valence-corrected chi connectivity index (χ1v) is 11.3. The maximum absolute atomic E-state index is 13.3. The summed E-state index contributed by atoms with van der Waals surface area (Å²) < 4.78 is 28.1. The molecule has 2 unspecified atom stereocenters. The smallest absolute Gasteiger partial charge is 0.244 e. The summed E-state index contributed by atoms with van der Waals surface area (Å²) >= 11 is 0. The summed E-state index contributed by atoms with van der Waals surface area (Å²) in [4.78, 5) is 17.3. The van der Waals surface area contributed by atoms with E-state index in [2.05, 4.69) is 4.90 Å². The highest BCUT2D eigenvalue weighted by molar-refractivity contribution is 7.89. The van der Waals surface area contributed by atoms with Gasteiger partial charge in [-0.2, -0.15) is 4.31 Å². The first kappa shape index (κ1) is 20.3. The van der Waals surface area contributed by atoms with Gasteiger partial charge in [-0.05, 0) is 57.8 Å². The molecule has 0 radical (unpaired) electrons. The molecule has 2 atom stereocenters. The number of benzene rings is 1. The topological polar surface area (TPSA) is 60.9 Å². The number of carbonyl (C=O) groups is 1. The van der Waals surface area contributed by atoms with Crippen LogP contribution in [0.3, 0.4) is 0 Å². The van der Waals surface area contributed by atoms with Crippen LogP contribution in [0.15, 0.2) is 29.2 Å². The molecule has 2 aliphatic rings. The SMILES string of the molecule is Cc1ccc(S(=O)(=O)N2CC(C)N(C(=O)CN3CCCC3)C2C(C)C)cc1. The number of sulfonamides is 1. The van der Waals surface area contributed by atoms with Crippen LogP contribution in [0.4, 0.5) is 0 Å². The average molecular weight is 394 g/mol. The van der Waals surface area contributed by atoms with Crippen LogP contribution >= 0.6 is 0 Å². The van der Waals surface area contributed by atoms with Crippen molar-refractivity contribution in [2.45, 2.75) is 57.6 Å². The Hall–Kier alpha value is -1.44. The number of nitrogens with zero attached hydrogens (tertiary/aromatic N) is 3. The van der Waals surface area contributed by atoms with E-state index in [1.54, 1.807) is 17.0 Å². The van der Waals surface area contributed by atoms with E-state index in [1.165, 1.54) is 4.31 Å². The summed E-state index contributed by atoms with van der Waals surface area (Å²) in [6.07, 6.45) is 1.82. The molecule has 150 valence electrons. The highest BCUT2D eigenvalue weighted by Crippen LogP contribution is 2.32. The van der Waals surface area contributed by atoms with E-state index in [-0.39, 0.29) is 17.9 Å². The van der Waals surface area contributed by atoms with E-state index in [4.69, 9.17) is 0 Å². The molecule has 7 heteroatoms. The summed E-state index contributed by atoms with van der Waals surface area (Å²) in [5.41, 5.74) is 1.02. The van der Waals surface area contributed by atoms with Crippen LogP contribution in [0.1, 0.15) is 39.2 Å². The highest BCUT2D eigenvalue weighted by atomic mass is 32.2. The van der Waals surface area contributed by atoms with Gasteiger partial charge in [-0.3, -0.25) is 9.69 Å². The van der Waals surface area contributed by atoms with E-state index < -0.39 is 16.2 Å². The third-order valence-electron chi connectivity index (χ3n) is 5.57. The quantitative estimate of drug-likeness (QED) is 0.770. The molecule has 2 fully saturated rings. The van der Waals surface area contributed by atoms with Crippen molar-refractivity contribution in [1.29, 1.82) is 0 Å². The summed E-state index contributed by atoms with van der Waals surface area (Å²) in [6.45, 7) is 10.5. The van der Waals surface area contributed by atoms with Crippen molar-refractivity contribution in [2.24, 2.45) is 5.92 Å². The standard InChI is InChI=1S/C20H31N3O3S/c1-15(2)20-22(27(25,26)18-9-7-16(3)8-10-18)13-17(4)23(20)19(24)14-21-11-5-6-12-21/h7-10,15,17,20H,5-6,11-14H2,1-4H3. The van der Waals surface area contributed by atoms with Gasteiger partial charge in [0, 0.05) is 12.6 Å². The van der Waals surface area contributed by atoms with Crippen molar-refractivity contribution in [2.75, 3.05) is 26.2 Å². The maximum Gasteiger partial charge on any atom is 0.244 e. The minimum absolute atomic E-state index is 0.0118. The molecule has 0 aromatic heterocycles. The lowest BCUT2D eigenvalue weighted by Crippen LogP contribution is -2.51. The Morgan fingerprint density at radius 3 is 2.30 bits per heavy atom. The summed E-state index contributed by atoms with van der Waals surface area (Å²) in [5, 5.41) is 0. The molecule has 0 bridgehead atoms.